The fraction of sp³-hybridized carbons (Fsp3) is 0.611. The van der Waals surface area contributed by atoms with Gasteiger partial charge >= 0.3 is 0 Å². The summed E-state index contributed by atoms with van der Waals surface area (Å²) in [6.07, 6.45) is 2.35. The second-order valence-corrected chi connectivity index (χ2v) is 7.06. The number of carbonyl (C=O) groups is 1. The molecule has 2 atom stereocenters. The van der Waals surface area contributed by atoms with Crippen molar-refractivity contribution in [2.45, 2.75) is 37.6 Å². The minimum Gasteiger partial charge on any atom is -0.493 e. The number of rotatable bonds is 3. The molecule has 0 unspecified atom stereocenters. The van der Waals surface area contributed by atoms with E-state index in [1.807, 2.05) is 17.0 Å². The fourth-order valence-electron chi connectivity index (χ4n) is 4.73. The predicted molar refractivity (Wildman–Crippen MR) is 87.6 cm³/mol. The maximum absolute atomic E-state index is 12.4. The molecular weight excluding hydrogens is 324 g/mol. The summed E-state index contributed by atoms with van der Waals surface area (Å²) in [6, 6.07) is 4.12. The summed E-state index contributed by atoms with van der Waals surface area (Å²) in [7, 11) is 1.63. The molecule has 7 heteroatoms. The van der Waals surface area contributed by atoms with E-state index in [-0.39, 0.29) is 18.7 Å². The minimum absolute atomic E-state index is 0.122. The van der Waals surface area contributed by atoms with Gasteiger partial charge in [0.05, 0.1) is 19.8 Å². The highest BCUT2D eigenvalue weighted by molar-refractivity contribution is 5.81. The molecular formula is C18H22N2O5. The maximum Gasteiger partial charge on any atom is 0.231 e. The third-order valence-electron chi connectivity index (χ3n) is 5.83. The highest BCUT2D eigenvalue weighted by Gasteiger charge is 2.60. The zero-order valence-electron chi connectivity index (χ0n) is 14.3. The van der Waals surface area contributed by atoms with Gasteiger partial charge in [-0.2, -0.15) is 0 Å². The topological polar surface area (TPSA) is 60.5 Å². The van der Waals surface area contributed by atoms with Gasteiger partial charge < -0.3 is 23.8 Å². The van der Waals surface area contributed by atoms with Gasteiger partial charge in [-0.25, -0.2) is 0 Å². The summed E-state index contributed by atoms with van der Waals surface area (Å²) in [4.78, 5) is 16.8. The summed E-state index contributed by atoms with van der Waals surface area (Å²) in [5.74, 6) is 2.30. The van der Waals surface area contributed by atoms with Crippen molar-refractivity contribution in [1.82, 2.24) is 9.80 Å². The van der Waals surface area contributed by atoms with Crippen molar-refractivity contribution in [3.63, 3.8) is 0 Å². The molecule has 3 saturated heterocycles. The molecule has 25 heavy (non-hydrogen) atoms. The molecule has 1 aromatic rings. The highest BCUT2D eigenvalue weighted by atomic mass is 16.7. The first-order chi connectivity index (χ1) is 12.2. The Labute approximate surface area is 146 Å². The van der Waals surface area contributed by atoms with E-state index in [9.17, 15) is 4.79 Å². The van der Waals surface area contributed by atoms with Crippen LogP contribution in [0.5, 0.6) is 17.2 Å². The van der Waals surface area contributed by atoms with Crippen LogP contribution in [-0.4, -0.2) is 61.1 Å². The molecule has 0 aromatic heterocycles. The Hall–Kier alpha value is -1.99. The summed E-state index contributed by atoms with van der Waals surface area (Å²) in [5, 5.41) is 0. The van der Waals surface area contributed by atoms with Crippen molar-refractivity contribution in [3.05, 3.63) is 17.7 Å². The summed E-state index contributed by atoms with van der Waals surface area (Å²) in [6.45, 7) is 3.45. The van der Waals surface area contributed by atoms with Gasteiger partial charge in [0.1, 0.15) is 0 Å². The monoisotopic (exact) mass is 346 g/mol. The first-order valence-electron chi connectivity index (χ1n) is 8.86. The fourth-order valence-corrected chi connectivity index (χ4v) is 4.73. The van der Waals surface area contributed by atoms with Crippen molar-refractivity contribution >= 4 is 5.91 Å². The zero-order valence-corrected chi connectivity index (χ0v) is 14.3. The molecule has 1 aromatic carbocycles. The number of hydrogen-bond donors (Lipinski definition) is 0. The third-order valence-corrected chi connectivity index (χ3v) is 5.83. The Kier molecular flexibility index (Phi) is 3.36. The molecule has 0 bridgehead atoms. The van der Waals surface area contributed by atoms with E-state index in [1.165, 1.54) is 0 Å². The van der Waals surface area contributed by atoms with Crippen molar-refractivity contribution in [2.24, 2.45) is 0 Å². The lowest BCUT2D eigenvalue weighted by Crippen LogP contribution is -2.56. The van der Waals surface area contributed by atoms with Crippen LogP contribution in [0.2, 0.25) is 0 Å². The van der Waals surface area contributed by atoms with E-state index in [1.54, 1.807) is 7.11 Å². The van der Waals surface area contributed by atoms with Gasteiger partial charge in [0.2, 0.25) is 18.4 Å². The molecule has 4 aliphatic rings. The predicted octanol–water partition coefficient (Wildman–Crippen LogP) is 1.35. The molecule has 134 valence electrons. The van der Waals surface area contributed by atoms with E-state index in [0.717, 1.165) is 50.4 Å². The Balaban J connectivity index is 1.42. The molecule has 1 amide bonds. The lowest BCUT2D eigenvalue weighted by Gasteiger charge is -2.42. The Morgan fingerprint density at radius 1 is 1.32 bits per heavy atom. The average molecular weight is 346 g/mol. The van der Waals surface area contributed by atoms with Gasteiger partial charge in [0, 0.05) is 32.5 Å². The highest BCUT2D eigenvalue weighted by Crippen LogP contribution is 2.46. The average Bonchev–Trinajstić information content (AvgIpc) is 3.29. The van der Waals surface area contributed by atoms with Crippen LogP contribution in [0.1, 0.15) is 24.8 Å². The number of fused-ring (bicyclic) bond motifs is 1. The van der Waals surface area contributed by atoms with Crippen LogP contribution in [0, 0.1) is 0 Å². The van der Waals surface area contributed by atoms with Crippen LogP contribution in [0.15, 0.2) is 12.1 Å². The number of likely N-dealkylation sites (tertiary alicyclic amines) is 1. The SMILES string of the molecule is COc1cc(CN2CC[C@@]34OCCCN3C(=O)C[C@@H]24)cc2c1OCO2. The van der Waals surface area contributed by atoms with Crippen LogP contribution in [0.3, 0.4) is 0 Å². The van der Waals surface area contributed by atoms with E-state index < -0.39 is 5.72 Å². The van der Waals surface area contributed by atoms with E-state index in [2.05, 4.69) is 4.90 Å². The first-order valence-corrected chi connectivity index (χ1v) is 8.86. The number of benzene rings is 1. The lowest BCUT2D eigenvalue weighted by molar-refractivity contribution is -0.180. The smallest absolute Gasteiger partial charge is 0.231 e. The van der Waals surface area contributed by atoms with E-state index in [0.29, 0.717) is 17.9 Å². The number of hydrogen-bond acceptors (Lipinski definition) is 6. The lowest BCUT2D eigenvalue weighted by atomic mass is 10.0. The van der Waals surface area contributed by atoms with Crippen LogP contribution < -0.4 is 14.2 Å². The molecule has 0 radical (unpaired) electrons. The van der Waals surface area contributed by atoms with Gasteiger partial charge in [0.15, 0.2) is 17.2 Å². The number of nitrogens with zero attached hydrogens (tertiary/aromatic N) is 2. The summed E-state index contributed by atoms with van der Waals surface area (Å²) < 4.78 is 22.6. The Morgan fingerprint density at radius 3 is 3.12 bits per heavy atom. The van der Waals surface area contributed by atoms with Gasteiger partial charge in [-0.3, -0.25) is 9.69 Å². The zero-order chi connectivity index (χ0) is 17.0. The molecule has 4 heterocycles. The first kappa shape index (κ1) is 15.3. The molecule has 0 N–H and O–H groups in total. The number of carbonyl (C=O) groups excluding carboxylic acids is 1. The van der Waals surface area contributed by atoms with Crippen LogP contribution in [0.25, 0.3) is 0 Å². The second-order valence-electron chi connectivity index (χ2n) is 7.06. The molecule has 5 rings (SSSR count). The van der Waals surface area contributed by atoms with Gasteiger partial charge in [-0.05, 0) is 24.1 Å². The molecule has 3 fully saturated rings. The van der Waals surface area contributed by atoms with Crippen LogP contribution in [0.4, 0.5) is 0 Å². The Bertz CT molecular complexity index is 724. The van der Waals surface area contributed by atoms with Gasteiger partial charge in [-0.15, -0.1) is 0 Å². The summed E-state index contributed by atoms with van der Waals surface area (Å²) >= 11 is 0. The van der Waals surface area contributed by atoms with Crippen molar-refractivity contribution in [2.75, 3.05) is 33.6 Å². The third kappa shape index (κ3) is 2.15. The second kappa shape index (κ2) is 5.51. The van der Waals surface area contributed by atoms with Crippen molar-refractivity contribution in [1.29, 1.82) is 0 Å². The maximum atomic E-state index is 12.4. The molecule has 0 aliphatic carbocycles. The van der Waals surface area contributed by atoms with E-state index >= 15 is 0 Å². The van der Waals surface area contributed by atoms with Crippen LogP contribution >= 0.6 is 0 Å². The Morgan fingerprint density at radius 2 is 2.24 bits per heavy atom. The summed E-state index contributed by atoms with van der Waals surface area (Å²) in [5.41, 5.74) is 0.690. The molecule has 0 saturated carbocycles. The molecule has 1 spiro atoms. The quantitative estimate of drug-likeness (QED) is 0.823. The minimum atomic E-state index is -0.407. The molecule has 7 nitrogen and oxygen atoms in total. The van der Waals surface area contributed by atoms with E-state index in [4.69, 9.17) is 18.9 Å². The number of methoxy groups -OCH3 is 1. The normalized spacial score (nSPS) is 30.5. The largest absolute Gasteiger partial charge is 0.493 e. The van der Waals surface area contributed by atoms with Crippen molar-refractivity contribution < 1.29 is 23.7 Å². The van der Waals surface area contributed by atoms with Gasteiger partial charge in [0.25, 0.3) is 0 Å². The standard InChI is InChI=1S/C18H22N2O5/c1-22-13-7-12(8-14-17(13)24-11-23-14)10-19-5-3-18-15(19)9-16(21)20(18)4-2-6-25-18/h7-8,15H,2-6,9-11H2,1H3/t15-,18+/m1/s1. The number of amides is 1. The van der Waals surface area contributed by atoms with Crippen LogP contribution in [-0.2, 0) is 16.1 Å². The van der Waals surface area contributed by atoms with Crippen molar-refractivity contribution in [3.8, 4) is 17.2 Å². The number of ether oxygens (including phenoxy) is 4. The van der Waals surface area contributed by atoms with Gasteiger partial charge in [-0.1, -0.05) is 0 Å². The molecule has 4 aliphatic heterocycles.